The average molecular weight is 97.1 g/mol. The van der Waals surface area contributed by atoms with E-state index >= 15 is 0 Å². The molecule has 2 heteroatoms. The summed E-state index contributed by atoms with van der Waals surface area (Å²) in [7, 11) is 1.96. The van der Waals surface area contributed by atoms with E-state index in [0.29, 0.717) is 6.04 Å². The van der Waals surface area contributed by atoms with Gasteiger partial charge in [-0.25, -0.2) is 0 Å². The maximum absolute atomic E-state index is 3.97. The lowest BCUT2D eigenvalue weighted by Gasteiger charge is -1.87. The second-order valence-corrected chi connectivity index (χ2v) is 1.77. The molecule has 0 aromatic heterocycles. The van der Waals surface area contributed by atoms with Crippen molar-refractivity contribution in [3.63, 3.8) is 0 Å². The molecule has 0 aliphatic carbocycles. The first kappa shape index (κ1) is 4.50. The van der Waals surface area contributed by atoms with Crippen LogP contribution in [0.2, 0.25) is 0 Å². The highest BCUT2D eigenvalue weighted by atomic mass is 15.3. The summed E-state index contributed by atoms with van der Waals surface area (Å²) in [4.78, 5) is 0. The zero-order valence-corrected chi connectivity index (χ0v) is 4.63. The lowest BCUT2D eigenvalue weighted by atomic mass is 10.3. The lowest BCUT2D eigenvalue weighted by Crippen LogP contribution is -2.09. The van der Waals surface area contributed by atoms with E-state index in [1.165, 1.54) is 0 Å². The highest BCUT2D eigenvalue weighted by Gasteiger charge is 2.10. The van der Waals surface area contributed by atoms with E-state index in [1.807, 2.05) is 17.9 Å². The Bertz CT molecular complexity index is 124. The molecule has 1 rings (SSSR count). The molecule has 1 aliphatic rings. The van der Waals surface area contributed by atoms with Gasteiger partial charge in [-0.3, -0.25) is 0 Å². The molecule has 0 aromatic carbocycles. The number of rotatable bonds is 0. The highest BCUT2D eigenvalue weighted by Crippen LogP contribution is 1.98. The standard InChI is InChI=1S/C5H9N2/c1-5-3-4-6-7(5)2/h3-5H,1-2H3/q+1. The van der Waals surface area contributed by atoms with E-state index in [9.17, 15) is 0 Å². The van der Waals surface area contributed by atoms with Gasteiger partial charge in [0.25, 0.3) is 0 Å². The Morgan fingerprint density at radius 3 is 2.57 bits per heavy atom. The zero-order chi connectivity index (χ0) is 5.28. The third kappa shape index (κ3) is 0.683. The first-order valence-corrected chi connectivity index (χ1v) is 2.41. The monoisotopic (exact) mass is 97.1 g/mol. The largest absolute Gasteiger partial charge is 0.195 e. The third-order valence-electron chi connectivity index (χ3n) is 1.20. The van der Waals surface area contributed by atoms with Gasteiger partial charge in [0.2, 0.25) is 0 Å². The first-order valence-electron chi connectivity index (χ1n) is 2.41. The van der Waals surface area contributed by atoms with E-state index in [0.717, 1.165) is 0 Å². The summed E-state index contributed by atoms with van der Waals surface area (Å²) in [5, 5.41) is 3.97. The second-order valence-electron chi connectivity index (χ2n) is 1.77. The van der Waals surface area contributed by atoms with Gasteiger partial charge >= 0.3 is 0 Å². The molecule has 0 bridgehead atoms. The minimum absolute atomic E-state index is 0.500. The zero-order valence-electron chi connectivity index (χ0n) is 4.63. The quantitative estimate of drug-likeness (QED) is 0.401. The van der Waals surface area contributed by atoms with Crippen molar-refractivity contribution in [2.24, 2.45) is 5.11 Å². The molecule has 2 nitrogen and oxygen atoms in total. The fraction of sp³-hybridized carbons (Fsp3) is 0.600. The molecule has 1 atom stereocenters. The summed E-state index contributed by atoms with van der Waals surface area (Å²) in [6.07, 6.45) is 3.88. The third-order valence-corrected chi connectivity index (χ3v) is 1.20. The van der Waals surface area contributed by atoms with Crippen LogP contribution in [0.5, 0.6) is 0 Å². The van der Waals surface area contributed by atoms with Crippen LogP contribution in [-0.2, 0) is 0 Å². The van der Waals surface area contributed by atoms with Crippen LogP contribution in [0.1, 0.15) is 6.92 Å². The topological polar surface area (TPSA) is 15.4 Å². The fourth-order valence-corrected chi connectivity index (χ4v) is 0.498. The van der Waals surface area contributed by atoms with Crippen molar-refractivity contribution in [3.8, 4) is 0 Å². The van der Waals surface area contributed by atoms with Crippen molar-refractivity contribution in [2.45, 2.75) is 13.0 Å². The summed E-state index contributed by atoms with van der Waals surface area (Å²) < 4.78 is 1.92. The number of azo groups is 2. The molecule has 38 valence electrons. The van der Waals surface area contributed by atoms with Crippen LogP contribution in [-0.4, -0.2) is 17.8 Å². The van der Waals surface area contributed by atoms with Gasteiger partial charge in [-0.05, 0) is 5.11 Å². The van der Waals surface area contributed by atoms with Crippen LogP contribution in [0, 0.1) is 0 Å². The molecule has 0 radical (unpaired) electrons. The Labute approximate surface area is 43.2 Å². The Balaban J connectivity index is 2.69. The molecule has 0 fully saturated rings. The van der Waals surface area contributed by atoms with Crippen molar-refractivity contribution in [2.75, 3.05) is 7.05 Å². The van der Waals surface area contributed by atoms with Crippen LogP contribution in [0.3, 0.4) is 0 Å². The van der Waals surface area contributed by atoms with Gasteiger partial charge in [-0.1, -0.05) is 0 Å². The van der Waals surface area contributed by atoms with Crippen LogP contribution >= 0.6 is 0 Å². The molecular weight excluding hydrogens is 88.1 g/mol. The van der Waals surface area contributed by atoms with E-state index in [4.69, 9.17) is 0 Å². The molecule has 0 spiro atoms. The maximum atomic E-state index is 3.97. The van der Waals surface area contributed by atoms with Crippen molar-refractivity contribution in [3.05, 3.63) is 12.3 Å². The molecule has 1 unspecified atom stereocenters. The van der Waals surface area contributed by atoms with Gasteiger partial charge < -0.3 is 0 Å². The van der Waals surface area contributed by atoms with Crippen LogP contribution in [0.25, 0.3) is 0 Å². The van der Waals surface area contributed by atoms with E-state index in [1.54, 1.807) is 0 Å². The molecule has 0 saturated heterocycles. The van der Waals surface area contributed by atoms with Gasteiger partial charge in [0, 0.05) is 13.0 Å². The molecule has 0 aromatic rings. The Morgan fingerprint density at radius 1 is 1.71 bits per heavy atom. The number of hydrogen-bond acceptors (Lipinski definition) is 1. The summed E-state index contributed by atoms with van der Waals surface area (Å²) in [5.74, 6) is 0. The smallest absolute Gasteiger partial charge is 0.119 e. The SMILES string of the molecule is CC1C=CN=[N+]1C. The summed E-state index contributed by atoms with van der Waals surface area (Å²) in [5.41, 5.74) is 0. The first-order chi connectivity index (χ1) is 3.30. The van der Waals surface area contributed by atoms with Gasteiger partial charge in [0.1, 0.15) is 0 Å². The second kappa shape index (κ2) is 1.45. The Kier molecular flexibility index (Phi) is 0.929. The summed E-state index contributed by atoms with van der Waals surface area (Å²) in [6, 6.07) is 0.500. The van der Waals surface area contributed by atoms with E-state index in [-0.39, 0.29) is 0 Å². The van der Waals surface area contributed by atoms with E-state index < -0.39 is 0 Å². The van der Waals surface area contributed by atoms with Crippen molar-refractivity contribution in [1.29, 1.82) is 0 Å². The van der Waals surface area contributed by atoms with Gasteiger partial charge in [-0.2, -0.15) is 0 Å². The maximum Gasteiger partial charge on any atom is 0.195 e. The molecule has 0 saturated carbocycles. The Hall–Kier alpha value is -0.660. The average Bonchev–Trinajstić information content (AvgIpc) is 1.91. The molecular formula is C5H9N2+. The van der Waals surface area contributed by atoms with Gasteiger partial charge in [0.15, 0.2) is 13.1 Å². The number of hydrogen-bond donors (Lipinski definition) is 0. The molecule has 1 aliphatic heterocycles. The summed E-state index contributed by atoms with van der Waals surface area (Å²) in [6.45, 7) is 2.10. The van der Waals surface area contributed by atoms with Crippen molar-refractivity contribution in [1.82, 2.24) is 0 Å². The van der Waals surface area contributed by atoms with Crippen molar-refractivity contribution < 1.29 is 4.70 Å². The minimum atomic E-state index is 0.500. The molecule has 0 amide bonds. The number of nitrogens with zero attached hydrogens (tertiary/aromatic N) is 2. The van der Waals surface area contributed by atoms with Gasteiger partial charge in [-0.15, -0.1) is 4.70 Å². The van der Waals surface area contributed by atoms with Gasteiger partial charge in [0.05, 0.1) is 6.20 Å². The highest BCUT2D eigenvalue weighted by molar-refractivity contribution is 4.85. The summed E-state index contributed by atoms with van der Waals surface area (Å²) >= 11 is 0. The van der Waals surface area contributed by atoms with Crippen molar-refractivity contribution >= 4 is 0 Å². The fourth-order valence-electron chi connectivity index (χ4n) is 0.498. The van der Waals surface area contributed by atoms with E-state index in [2.05, 4.69) is 18.1 Å². The van der Waals surface area contributed by atoms with Crippen LogP contribution < -0.4 is 0 Å². The normalized spacial score (nSPS) is 28.3. The lowest BCUT2D eigenvalue weighted by molar-refractivity contribution is -0.578. The molecule has 0 N–H and O–H groups in total. The van der Waals surface area contributed by atoms with Crippen LogP contribution in [0.4, 0.5) is 0 Å². The molecule has 1 heterocycles. The van der Waals surface area contributed by atoms with Crippen LogP contribution in [0.15, 0.2) is 17.4 Å². The Morgan fingerprint density at radius 2 is 2.43 bits per heavy atom. The predicted molar refractivity (Wildman–Crippen MR) is 27.2 cm³/mol. The number of likely N-dealkylation sites (N-methyl/N-ethyl adjacent to an activating group) is 1. The predicted octanol–water partition coefficient (Wildman–Crippen LogP) is 0.997. The molecule has 7 heavy (non-hydrogen) atoms. The minimum Gasteiger partial charge on any atom is -0.119 e.